The van der Waals surface area contributed by atoms with E-state index in [2.05, 4.69) is 11.1 Å². The van der Waals surface area contributed by atoms with Crippen molar-refractivity contribution in [2.75, 3.05) is 12.4 Å². The molecule has 1 heterocycles. The average Bonchev–Trinajstić information content (AvgIpc) is 2.54. The number of aromatic nitrogens is 1. The van der Waals surface area contributed by atoms with Crippen LogP contribution in [0.4, 0.5) is 0 Å². The molecule has 0 aliphatic rings. The molecule has 2 aromatic rings. The van der Waals surface area contributed by atoms with Crippen molar-refractivity contribution < 1.29 is 14.6 Å². The molecule has 124 valence electrons. The summed E-state index contributed by atoms with van der Waals surface area (Å²) in [5, 5.41) is 18.8. The molecule has 0 bridgehead atoms. The Kier molecular flexibility index (Phi) is 6.21. The van der Waals surface area contributed by atoms with Crippen LogP contribution in [0.2, 0.25) is 0 Å². The Hall–Kier alpha value is -2.52. The Balaban J connectivity index is 1.81. The number of carboxylic acid groups (broad SMARTS) is 1. The van der Waals surface area contributed by atoms with Crippen LogP contribution in [-0.2, 0) is 0 Å². The summed E-state index contributed by atoms with van der Waals surface area (Å²) in [6, 6.07) is 10.5. The lowest BCUT2D eigenvalue weighted by molar-refractivity contribution is 0.0697. The van der Waals surface area contributed by atoms with Gasteiger partial charge in [0.25, 0.3) is 0 Å². The Labute approximate surface area is 145 Å². The molecule has 0 amide bonds. The fourth-order valence-electron chi connectivity index (χ4n) is 2.15. The summed E-state index contributed by atoms with van der Waals surface area (Å²) in [5.41, 5.74) is 2.73. The van der Waals surface area contributed by atoms with E-state index >= 15 is 0 Å². The quantitative estimate of drug-likeness (QED) is 0.608. The SMILES string of the molecule is Cc1cc(C)c(C#N)c(SCCCOc2ccc(C(=O)O)cc2)n1. The maximum absolute atomic E-state index is 10.8. The van der Waals surface area contributed by atoms with E-state index in [1.54, 1.807) is 23.9 Å². The van der Waals surface area contributed by atoms with E-state index in [0.717, 1.165) is 28.5 Å². The maximum atomic E-state index is 10.8. The molecule has 1 aromatic heterocycles. The fraction of sp³-hybridized carbons (Fsp3) is 0.278. The summed E-state index contributed by atoms with van der Waals surface area (Å²) in [7, 11) is 0. The van der Waals surface area contributed by atoms with Crippen LogP contribution in [0.1, 0.15) is 33.6 Å². The van der Waals surface area contributed by atoms with E-state index in [-0.39, 0.29) is 5.56 Å². The van der Waals surface area contributed by atoms with Gasteiger partial charge in [0.05, 0.1) is 17.7 Å². The Bertz CT molecular complexity index is 767. The zero-order chi connectivity index (χ0) is 17.5. The van der Waals surface area contributed by atoms with Crippen molar-refractivity contribution in [1.82, 2.24) is 4.98 Å². The van der Waals surface area contributed by atoms with Crippen LogP contribution in [0, 0.1) is 25.2 Å². The summed E-state index contributed by atoms with van der Waals surface area (Å²) in [4.78, 5) is 15.2. The number of benzene rings is 1. The zero-order valence-corrected chi connectivity index (χ0v) is 14.4. The van der Waals surface area contributed by atoms with Crippen molar-refractivity contribution >= 4 is 17.7 Å². The molecule has 2 rings (SSSR count). The van der Waals surface area contributed by atoms with Gasteiger partial charge in [-0.15, -0.1) is 11.8 Å². The number of hydrogen-bond donors (Lipinski definition) is 1. The number of ether oxygens (including phenoxy) is 1. The first-order valence-electron chi connectivity index (χ1n) is 7.48. The molecule has 0 aliphatic heterocycles. The third-order valence-electron chi connectivity index (χ3n) is 3.32. The molecule has 1 N–H and O–H groups in total. The number of pyridine rings is 1. The van der Waals surface area contributed by atoms with Gasteiger partial charge in [-0.3, -0.25) is 0 Å². The van der Waals surface area contributed by atoms with E-state index < -0.39 is 5.97 Å². The Morgan fingerprint density at radius 2 is 2.04 bits per heavy atom. The van der Waals surface area contributed by atoms with Gasteiger partial charge in [0.15, 0.2) is 0 Å². The monoisotopic (exact) mass is 342 g/mol. The number of thioether (sulfide) groups is 1. The molecule has 6 heteroatoms. The Morgan fingerprint density at radius 3 is 2.67 bits per heavy atom. The van der Waals surface area contributed by atoms with Gasteiger partial charge in [-0.05, 0) is 56.2 Å². The number of nitrogens with zero attached hydrogens (tertiary/aromatic N) is 2. The average molecular weight is 342 g/mol. The molecule has 0 aliphatic carbocycles. The third kappa shape index (κ3) is 4.74. The van der Waals surface area contributed by atoms with Gasteiger partial charge < -0.3 is 9.84 Å². The molecule has 24 heavy (non-hydrogen) atoms. The molecular weight excluding hydrogens is 324 g/mol. The van der Waals surface area contributed by atoms with E-state index in [1.165, 1.54) is 12.1 Å². The van der Waals surface area contributed by atoms with Crippen molar-refractivity contribution in [1.29, 1.82) is 5.26 Å². The second kappa shape index (κ2) is 8.37. The number of aryl methyl sites for hydroxylation is 2. The first-order valence-corrected chi connectivity index (χ1v) is 8.47. The number of carboxylic acids is 1. The molecular formula is C18H18N2O3S. The van der Waals surface area contributed by atoms with Crippen molar-refractivity contribution in [3.8, 4) is 11.8 Å². The van der Waals surface area contributed by atoms with Crippen LogP contribution in [0.3, 0.4) is 0 Å². The molecule has 0 saturated heterocycles. The molecule has 5 nitrogen and oxygen atoms in total. The van der Waals surface area contributed by atoms with Gasteiger partial charge in [0.2, 0.25) is 0 Å². The van der Waals surface area contributed by atoms with Gasteiger partial charge in [-0.25, -0.2) is 9.78 Å². The summed E-state index contributed by atoms with van der Waals surface area (Å²) < 4.78 is 5.59. The molecule has 1 aromatic carbocycles. The summed E-state index contributed by atoms with van der Waals surface area (Å²) >= 11 is 1.55. The minimum atomic E-state index is -0.952. The summed E-state index contributed by atoms with van der Waals surface area (Å²) in [6.45, 7) is 4.36. The molecule has 0 saturated carbocycles. The highest BCUT2D eigenvalue weighted by atomic mass is 32.2. The highest BCUT2D eigenvalue weighted by molar-refractivity contribution is 7.99. The summed E-state index contributed by atoms with van der Waals surface area (Å²) in [6.07, 6.45) is 0.797. The smallest absolute Gasteiger partial charge is 0.335 e. The van der Waals surface area contributed by atoms with Crippen LogP contribution in [-0.4, -0.2) is 28.4 Å². The molecule has 0 radical (unpaired) electrons. The fourth-order valence-corrected chi connectivity index (χ4v) is 3.17. The lowest BCUT2D eigenvalue weighted by atomic mass is 10.1. The predicted octanol–water partition coefficient (Wildman–Crippen LogP) is 3.83. The number of nitriles is 1. The lowest BCUT2D eigenvalue weighted by Gasteiger charge is -2.08. The van der Waals surface area contributed by atoms with Gasteiger partial charge in [-0.1, -0.05) is 0 Å². The molecule has 0 spiro atoms. The number of carbonyl (C=O) groups is 1. The minimum Gasteiger partial charge on any atom is -0.494 e. The second-order valence-electron chi connectivity index (χ2n) is 5.25. The predicted molar refractivity (Wildman–Crippen MR) is 92.7 cm³/mol. The van der Waals surface area contributed by atoms with Crippen molar-refractivity contribution in [2.24, 2.45) is 0 Å². The summed E-state index contributed by atoms with van der Waals surface area (Å²) in [5.74, 6) is 0.483. The highest BCUT2D eigenvalue weighted by Crippen LogP contribution is 2.24. The first kappa shape index (κ1) is 17.8. The van der Waals surface area contributed by atoms with E-state index in [1.807, 2.05) is 19.9 Å². The van der Waals surface area contributed by atoms with Gasteiger partial charge in [0.1, 0.15) is 16.8 Å². The van der Waals surface area contributed by atoms with Crippen LogP contribution in [0.5, 0.6) is 5.75 Å². The van der Waals surface area contributed by atoms with Crippen LogP contribution in [0.25, 0.3) is 0 Å². The highest BCUT2D eigenvalue weighted by Gasteiger charge is 2.09. The molecule has 0 unspecified atom stereocenters. The zero-order valence-electron chi connectivity index (χ0n) is 13.6. The van der Waals surface area contributed by atoms with E-state index in [9.17, 15) is 10.1 Å². The van der Waals surface area contributed by atoms with Gasteiger partial charge >= 0.3 is 5.97 Å². The standard InChI is InChI=1S/C18H18N2O3S/c1-12-10-13(2)20-17(16(12)11-19)24-9-3-8-23-15-6-4-14(5-7-15)18(21)22/h4-7,10H,3,8-9H2,1-2H3,(H,21,22). The van der Waals surface area contributed by atoms with E-state index in [0.29, 0.717) is 17.9 Å². The van der Waals surface area contributed by atoms with Gasteiger partial charge in [-0.2, -0.15) is 5.26 Å². The number of aromatic carboxylic acids is 1. The number of hydrogen-bond acceptors (Lipinski definition) is 5. The van der Waals surface area contributed by atoms with Crippen molar-refractivity contribution in [3.63, 3.8) is 0 Å². The van der Waals surface area contributed by atoms with Gasteiger partial charge in [0, 0.05) is 11.4 Å². The third-order valence-corrected chi connectivity index (χ3v) is 4.38. The van der Waals surface area contributed by atoms with Crippen LogP contribution in [0.15, 0.2) is 35.4 Å². The lowest BCUT2D eigenvalue weighted by Crippen LogP contribution is -2.01. The Morgan fingerprint density at radius 1 is 1.33 bits per heavy atom. The normalized spacial score (nSPS) is 10.2. The minimum absolute atomic E-state index is 0.239. The molecule has 0 atom stereocenters. The van der Waals surface area contributed by atoms with Crippen LogP contribution >= 0.6 is 11.8 Å². The molecule has 0 fully saturated rings. The van der Waals surface area contributed by atoms with Crippen LogP contribution < -0.4 is 4.74 Å². The van der Waals surface area contributed by atoms with Crippen molar-refractivity contribution in [3.05, 3.63) is 52.7 Å². The van der Waals surface area contributed by atoms with E-state index in [4.69, 9.17) is 9.84 Å². The second-order valence-corrected chi connectivity index (χ2v) is 6.34. The number of rotatable bonds is 7. The van der Waals surface area contributed by atoms with Crippen molar-refractivity contribution in [2.45, 2.75) is 25.3 Å². The largest absolute Gasteiger partial charge is 0.494 e. The first-order chi connectivity index (χ1) is 11.5. The topological polar surface area (TPSA) is 83.2 Å². The maximum Gasteiger partial charge on any atom is 0.335 e.